The second-order valence-corrected chi connectivity index (χ2v) is 5.37. The SMILES string of the molecule is CCc1cccc(C)c1-c1ccccc1-c1ccccc1. The Balaban J connectivity index is 2.26. The third-order valence-electron chi connectivity index (χ3n) is 4.02. The Morgan fingerprint density at radius 2 is 1.33 bits per heavy atom. The highest BCUT2D eigenvalue weighted by Gasteiger charge is 2.11. The summed E-state index contributed by atoms with van der Waals surface area (Å²) >= 11 is 0. The fourth-order valence-corrected chi connectivity index (χ4v) is 2.98. The molecule has 0 aliphatic heterocycles. The van der Waals surface area contributed by atoms with E-state index >= 15 is 0 Å². The van der Waals surface area contributed by atoms with Crippen LogP contribution in [0, 0.1) is 6.92 Å². The zero-order chi connectivity index (χ0) is 14.7. The third-order valence-corrected chi connectivity index (χ3v) is 4.02. The Hall–Kier alpha value is -2.34. The van der Waals surface area contributed by atoms with E-state index in [0.29, 0.717) is 0 Å². The minimum atomic E-state index is 1.06. The van der Waals surface area contributed by atoms with Gasteiger partial charge in [-0.15, -0.1) is 0 Å². The molecule has 0 aromatic heterocycles. The van der Waals surface area contributed by atoms with E-state index in [2.05, 4.69) is 86.6 Å². The predicted octanol–water partition coefficient (Wildman–Crippen LogP) is 5.89. The summed E-state index contributed by atoms with van der Waals surface area (Å²) in [7, 11) is 0. The standard InChI is InChI=1S/C21H20/c1-3-17-13-9-10-16(2)21(17)20-15-8-7-14-19(20)18-11-5-4-6-12-18/h4-15H,3H2,1-2H3. The van der Waals surface area contributed by atoms with Crippen LogP contribution in [0.2, 0.25) is 0 Å². The van der Waals surface area contributed by atoms with Crippen molar-refractivity contribution >= 4 is 0 Å². The van der Waals surface area contributed by atoms with Gasteiger partial charge in [-0.05, 0) is 46.7 Å². The molecular weight excluding hydrogens is 252 g/mol. The number of aryl methyl sites for hydroxylation is 2. The molecule has 0 heteroatoms. The van der Waals surface area contributed by atoms with Crippen LogP contribution in [0.25, 0.3) is 22.3 Å². The molecule has 0 saturated heterocycles. The van der Waals surface area contributed by atoms with Crippen LogP contribution in [0.5, 0.6) is 0 Å². The molecule has 0 amide bonds. The summed E-state index contributed by atoms with van der Waals surface area (Å²) in [5.41, 5.74) is 8.06. The van der Waals surface area contributed by atoms with Crippen molar-refractivity contribution in [1.82, 2.24) is 0 Å². The summed E-state index contributed by atoms with van der Waals surface area (Å²) in [4.78, 5) is 0. The Bertz CT molecular complexity index is 739. The van der Waals surface area contributed by atoms with Gasteiger partial charge in [0.2, 0.25) is 0 Å². The fraction of sp³-hybridized carbons (Fsp3) is 0.143. The lowest BCUT2D eigenvalue weighted by Crippen LogP contribution is -1.93. The molecular formula is C21H20. The first kappa shape index (κ1) is 13.6. The quantitative estimate of drug-likeness (QED) is 0.557. The lowest BCUT2D eigenvalue weighted by Gasteiger charge is -2.16. The van der Waals surface area contributed by atoms with E-state index in [9.17, 15) is 0 Å². The van der Waals surface area contributed by atoms with E-state index in [0.717, 1.165) is 6.42 Å². The molecule has 0 heterocycles. The maximum Gasteiger partial charge on any atom is -0.01000 e. The molecule has 0 bridgehead atoms. The second-order valence-electron chi connectivity index (χ2n) is 5.37. The van der Waals surface area contributed by atoms with Gasteiger partial charge in [0.05, 0.1) is 0 Å². The van der Waals surface area contributed by atoms with Gasteiger partial charge in [-0.25, -0.2) is 0 Å². The minimum absolute atomic E-state index is 1.06. The van der Waals surface area contributed by atoms with Crippen LogP contribution >= 0.6 is 0 Å². The average Bonchev–Trinajstić information content (AvgIpc) is 2.55. The predicted molar refractivity (Wildman–Crippen MR) is 91.4 cm³/mol. The summed E-state index contributed by atoms with van der Waals surface area (Å²) < 4.78 is 0. The molecule has 3 aromatic rings. The maximum atomic E-state index is 2.24. The largest absolute Gasteiger partial charge is 0.0622 e. The lowest BCUT2D eigenvalue weighted by molar-refractivity contribution is 1.13. The van der Waals surface area contributed by atoms with Crippen LogP contribution in [0.15, 0.2) is 72.8 Å². The van der Waals surface area contributed by atoms with E-state index in [1.54, 1.807) is 0 Å². The van der Waals surface area contributed by atoms with E-state index in [1.165, 1.54) is 33.4 Å². The van der Waals surface area contributed by atoms with Gasteiger partial charge in [0.15, 0.2) is 0 Å². The van der Waals surface area contributed by atoms with Crippen LogP contribution in [-0.2, 0) is 6.42 Å². The highest BCUT2D eigenvalue weighted by molar-refractivity contribution is 5.86. The van der Waals surface area contributed by atoms with Crippen molar-refractivity contribution in [2.24, 2.45) is 0 Å². The summed E-state index contributed by atoms with van der Waals surface area (Å²) in [6.45, 7) is 4.43. The van der Waals surface area contributed by atoms with Gasteiger partial charge in [-0.3, -0.25) is 0 Å². The van der Waals surface area contributed by atoms with Crippen molar-refractivity contribution in [3.05, 3.63) is 83.9 Å². The number of benzene rings is 3. The summed E-state index contributed by atoms with van der Waals surface area (Å²) in [5, 5.41) is 0. The molecule has 21 heavy (non-hydrogen) atoms. The lowest BCUT2D eigenvalue weighted by atomic mass is 9.88. The van der Waals surface area contributed by atoms with Crippen molar-refractivity contribution in [3.8, 4) is 22.3 Å². The van der Waals surface area contributed by atoms with Crippen LogP contribution in [0.4, 0.5) is 0 Å². The van der Waals surface area contributed by atoms with Crippen LogP contribution < -0.4 is 0 Å². The van der Waals surface area contributed by atoms with E-state index in [4.69, 9.17) is 0 Å². The van der Waals surface area contributed by atoms with Crippen LogP contribution in [-0.4, -0.2) is 0 Å². The molecule has 0 saturated carbocycles. The van der Waals surface area contributed by atoms with Gasteiger partial charge in [0, 0.05) is 0 Å². The van der Waals surface area contributed by atoms with Crippen LogP contribution in [0.1, 0.15) is 18.1 Å². The van der Waals surface area contributed by atoms with Gasteiger partial charge in [0.25, 0.3) is 0 Å². The molecule has 0 aliphatic rings. The molecule has 0 N–H and O–H groups in total. The van der Waals surface area contributed by atoms with Gasteiger partial charge < -0.3 is 0 Å². The summed E-state index contributed by atoms with van der Waals surface area (Å²) in [6.07, 6.45) is 1.06. The van der Waals surface area contributed by atoms with Crippen molar-refractivity contribution in [3.63, 3.8) is 0 Å². The summed E-state index contributed by atoms with van der Waals surface area (Å²) in [6, 6.07) is 25.9. The Morgan fingerprint density at radius 3 is 2.05 bits per heavy atom. The van der Waals surface area contributed by atoms with E-state index in [-0.39, 0.29) is 0 Å². The highest BCUT2D eigenvalue weighted by Crippen LogP contribution is 2.35. The molecule has 0 atom stereocenters. The molecule has 3 aromatic carbocycles. The van der Waals surface area contributed by atoms with Gasteiger partial charge in [-0.1, -0.05) is 79.7 Å². The van der Waals surface area contributed by atoms with Crippen LogP contribution in [0.3, 0.4) is 0 Å². The monoisotopic (exact) mass is 272 g/mol. The Kier molecular flexibility index (Phi) is 3.87. The highest BCUT2D eigenvalue weighted by atomic mass is 14.2. The molecule has 0 fully saturated rings. The minimum Gasteiger partial charge on any atom is -0.0622 e. The maximum absolute atomic E-state index is 2.24. The molecule has 0 unspecified atom stereocenters. The topological polar surface area (TPSA) is 0 Å². The second kappa shape index (κ2) is 5.97. The van der Waals surface area contributed by atoms with Crippen molar-refractivity contribution < 1.29 is 0 Å². The molecule has 0 aliphatic carbocycles. The molecule has 0 radical (unpaired) electrons. The first-order chi connectivity index (χ1) is 10.3. The Labute approximate surface area is 127 Å². The number of rotatable bonds is 3. The number of hydrogen-bond donors (Lipinski definition) is 0. The summed E-state index contributed by atoms with van der Waals surface area (Å²) in [5.74, 6) is 0. The molecule has 0 spiro atoms. The molecule has 3 rings (SSSR count). The first-order valence-electron chi connectivity index (χ1n) is 7.54. The van der Waals surface area contributed by atoms with Gasteiger partial charge in [0.1, 0.15) is 0 Å². The first-order valence-corrected chi connectivity index (χ1v) is 7.54. The zero-order valence-corrected chi connectivity index (χ0v) is 12.6. The molecule has 104 valence electrons. The zero-order valence-electron chi connectivity index (χ0n) is 12.6. The smallest absolute Gasteiger partial charge is 0.01000 e. The number of hydrogen-bond acceptors (Lipinski definition) is 0. The van der Waals surface area contributed by atoms with E-state index in [1.807, 2.05) is 0 Å². The van der Waals surface area contributed by atoms with Gasteiger partial charge >= 0.3 is 0 Å². The average molecular weight is 272 g/mol. The van der Waals surface area contributed by atoms with Crippen molar-refractivity contribution in [2.75, 3.05) is 0 Å². The normalized spacial score (nSPS) is 10.6. The third kappa shape index (κ3) is 2.62. The Morgan fingerprint density at radius 1 is 0.667 bits per heavy atom. The van der Waals surface area contributed by atoms with Gasteiger partial charge in [-0.2, -0.15) is 0 Å². The van der Waals surface area contributed by atoms with E-state index < -0.39 is 0 Å². The van der Waals surface area contributed by atoms with Crippen molar-refractivity contribution in [2.45, 2.75) is 20.3 Å². The fourth-order valence-electron chi connectivity index (χ4n) is 2.98. The van der Waals surface area contributed by atoms with Crippen molar-refractivity contribution in [1.29, 1.82) is 0 Å². The molecule has 0 nitrogen and oxygen atoms in total.